The van der Waals surface area contributed by atoms with Crippen LogP contribution < -0.4 is 9.94 Å². The Morgan fingerprint density at radius 3 is 2.44 bits per heavy atom. The normalized spacial score (nSPS) is 13.0. The maximum Gasteiger partial charge on any atom is 0.210 e. The van der Waals surface area contributed by atoms with Gasteiger partial charge in [-0.2, -0.15) is 0 Å². The summed E-state index contributed by atoms with van der Waals surface area (Å²) in [6.45, 7) is 6.41. The van der Waals surface area contributed by atoms with E-state index in [0.717, 1.165) is 4.88 Å². The summed E-state index contributed by atoms with van der Waals surface area (Å²) in [7, 11) is -3.46. The van der Waals surface area contributed by atoms with Gasteiger partial charge in [-0.05, 0) is 5.41 Å². The van der Waals surface area contributed by atoms with Crippen LogP contribution in [-0.4, -0.2) is 18.7 Å². The number of nitrogens with one attached hydrogen (secondary N) is 1. The lowest BCUT2D eigenvalue weighted by Crippen LogP contribution is -2.23. The number of hydrogen-bond acceptors (Lipinski definition) is 4. The van der Waals surface area contributed by atoms with E-state index >= 15 is 0 Å². The second-order valence-corrected chi connectivity index (χ2v) is 7.48. The number of primary sulfonamides is 1. The summed E-state index contributed by atoms with van der Waals surface area (Å²) in [5.41, 5.74) is -0.0205. The minimum atomic E-state index is -3.46. The van der Waals surface area contributed by atoms with Gasteiger partial charge in [-0.1, -0.05) is 20.8 Å². The molecule has 0 fully saturated rings. The fourth-order valence-corrected chi connectivity index (χ4v) is 2.53. The number of rotatable bonds is 3. The van der Waals surface area contributed by atoms with Gasteiger partial charge in [0.2, 0.25) is 10.0 Å². The van der Waals surface area contributed by atoms with Crippen LogP contribution in [0.4, 0.5) is 0 Å². The highest BCUT2D eigenvalue weighted by atomic mass is 32.2. The van der Waals surface area contributed by atoms with E-state index in [2.05, 4.69) is 20.8 Å². The van der Waals surface area contributed by atoms with Crippen LogP contribution in [0.5, 0.6) is 0 Å². The first-order valence-electron chi connectivity index (χ1n) is 4.85. The molecule has 0 amide bonds. The molecule has 5 nitrogen and oxygen atoms in total. The molecule has 0 atom stereocenters. The van der Waals surface area contributed by atoms with Crippen LogP contribution >= 0.6 is 11.3 Å². The van der Waals surface area contributed by atoms with Crippen LogP contribution in [0.2, 0.25) is 0 Å². The van der Waals surface area contributed by atoms with E-state index in [1.54, 1.807) is 4.57 Å². The molecular weight excluding hydrogens is 246 g/mol. The SMILES string of the molecule is CC(C)(C)c1cn(CCS(N)(=O)=O)c(=N)s1. The number of hydrogen-bond donors (Lipinski definition) is 2. The molecule has 1 aromatic rings. The van der Waals surface area contributed by atoms with Crippen LogP contribution in [0.3, 0.4) is 0 Å². The molecule has 1 rings (SSSR count). The van der Waals surface area contributed by atoms with Gasteiger partial charge in [-0.3, -0.25) is 5.41 Å². The summed E-state index contributed by atoms with van der Waals surface area (Å²) in [6.07, 6.45) is 1.83. The molecule has 0 saturated carbocycles. The van der Waals surface area contributed by atoms with Gasteiger partial charge in [0.25, 0.3) is 0 Å². The number of aryl methyl sites for hydroxylation is 1. The van der Waals surface area contributed by atoms with Crippen molar-refractivity contribution in [2.24, 2.45) is 5.14 Å². The summed E-state index contributed by atoms with van der Waals surface area (Å²) >= 11 is 1.37. The highest BCUT2D eigenvalue weighted by Crippen LogP contribution is 2.23. The van der Waals surface area contributed by atoms with E-state index < -0.39 is 10.0 Å². The van der Waals surface area contributed by atoms with E-state index in [1.165, 1.54) is 11.3 Å². The fraction of sp³-hybridized carbons (Fsp3) is 0.667. The van der Waals surface area contributed by atoms with Gasteiger partial charge in [0.05, 0.1) is 5.75 Å². The van der Waals surface area contributed by atoms with Crippen molar-refractivity contribution in [3.05, 3.63) is 15.9 Å². The lowest BCUT2D eigenvalue weighted by atomic mass is 9.95. The number of nitrogens with zero attached hydrogens (tertiary/aromatic N) is 1. The molecule has 7 heteroatoms. The molecule has 0 unspecified atom stereocenters. The molecule has 0 radical (unpaired) electrons. The number of sulfonamides is 1. The molecule has 0 aromatic carbocycles. The highest BCUT2D eigenvalue weighted by Gasteiger charge is 2.17. The van der Waals surface area contributed by atoms with E-state index in [0.29, 0.717) is 4.80 Å². The lowest BCUT2D eigenvalue weighted by Gasteiger charge is -2.14. The van der Waals surface area contributed by atoms with Crippen molar-refractivity contribution in [3.63, 3.8) is 0 Å². The van der Waals surface area contributed by atoms with Crippen molar-refractivity contribution in [3.8, 4) is 0 Å². The average molecular weight is 263 g/mol. The summed E-state index contributed by atoms with van der Waals surface area (Å²) in [4.78, 5) is 1.42. The zero-order chi connectivity index (χ0) is 12.6. The van der Waals surface area contributed by atoms with Crippen LogP contribution in [0.25, 0.3) is 0 Å². The molecule has 0 aliphatic carbocycles. The van der Waals surface area contributed by atoms with Crippen molar-refractivity contribution >= 4 is 21.4 Å². The molecule has 1 heterocycles. The van der Waals surface area contributed by atoms with Crippen molar-refractivity contribution in [1.82, 2.24) is 4.57 Å². The third kappa shape index (κ3) is 3.73. The monoisotopic (exact) mass is 263 g/mol. The Morgan fingerprint density at radius 1 is 1.50 bits per heavy atom. The summed E-state index contributed by atoms with van der Waals surface area (Å²) in [5.74, 6) is -0.135. The van der Waals surface area contributed by atoms with E-state index in [4.69, 9.17) is 10.5 Å². The van der Waals surface area contributed by atoms with Gasteiger partial charge in [0, 0.05) is 17.6 Å². The van der Waals surface area contributed by atoms with Crippen molar-refractivity contribution in [2.75, 3.05) is 5.75 Å². The van der Waals surface area contributed by atoms with Crippen molar-refractivity contribution in [1.29, 1.82) is 5.41 Å². The minimum Gasteiger partial charge on any atom is -0.323 e. The zero-order valence-corrected chi connectivity index (χ0v) is 11.3. The number of nitrogens with two attached hydrogens (primary N) is 1. The molecule has 0 aliphatic heterocycles. The largest absolute Gasteiger partial charge is 0.323 e. The maximum atomic E-state index is 10.8. The van der Waals surface area contributed by atoms with Gasteiger partial charge >= 0.3 is 0 Å². The predicted molar refractivity (Wildman–Crippen MR) is 64.8 cm³/mol. The Kier molecular flexibility index (Phi) is 3.61. The van der Waals surface area contributed by atoms with Gasteiger partial charge in [-0.15, -0.1) is 11.3 Å². The molecule has 3 N–H and O–H groups in total. The quantitative estimate of drug-likeness (QED) is 0.837. The Morgan fingerprint density at radius 2 is 2.06 bits per heavy atom. The minimum absolute atomic E-state index is 0.0205. The second-order valence-electron chi connectivity index (χ2n) is 4.71. The Hall–Kier alpha value is -0.660. The molecule has 0 bridgehead atoms. The molecule has 0 aliphatic rings. The summed E-state index contributed by atoms with van der Waals surface area (Å²) in [5, 5.41) is 12.7. The van der Waals surface area contributed by atoms with E-state index in [1.807, 2.05) is 6.20 Å². The third-order valence-electron chi connectivity index (χ3n) is 2.10. The molecule has 1 aromatic heterocycles. The first kappa shape index (κ1) is 13.4. The van der Waals surface area contributed by atoms with Crippen molar-refractivity contribution < 1.29 is 8.42 Å². The maximum absolute atomic E-state index is 10.8. The predicted octanol–water partition coefficient (Wildman–Crippen LogP) is 0.615. The zero-order valence-electron chi connectivity index (χ0n) is 9.65. The summed E-state index contributed by atoms with van der Waals surface area (Å²) in [6, 6.07) is 0. The molecule has 16 heavy (non-hydrogen) atoms. The van der Waals surface area contributed by atoms with E-state index in [9.17, 15) is 8.42 Å². The lowest BCUT2D eigenvalue weighted by molar-refractivity contribution is 0.584. The van der Waals surface area contributed by atoms with Gasteiger partial charge in [-0.25, -0.2) is 13.6 Å². The van der Waals surface area contributed by atoms with Gasteiger partial charge in [0.15, 0.2) is 4.80 Å². The van der Waals surface area contributed by atoms with Gasteiger partial charge in [0.1, 0.15) is 0 Å². The van der Waals surface area contributed by atoms with Crippen LogP contribution in [0, 0.1) is 5.41 Å². The van der Waals surface area contributed by atoms with Crippen LogP contribution in [-0.2, 0) is 22.0 Å². The number of thiazole rings is 1. The molecule has 92 valence electrons. The Bertz CT molecular complexity index is 520. The second kappa shape index (κ2) is 4.31. The first-order chi connectivity index (χ1) is 7.09. The average Bonchev–Trinajstić information content (AvgIpc) is 2.41. The van der Waals surface area contributed by atoms with Crippen LogP contribution in [0.15, 0.2) is 6.20 Å². The number of aromatic nitrogens is 1. The van der Waals surface area contributed by atoms with Gasteiger partial charge < -0.3 is 4.57 Å². The van der Waals surface area contributed by atoms with Crippen molar-refractivity contribution in [2.45, 2.75) is 32.7 Å². The smallest absolute Gasteiger partial charge is 0.210 e. The highest BCUT2D eigenvalue weighted by molar-refractivity contribution is 7.89. The third-order valence-corrected chi connectivity index (χ3v) is 4.21. The fourth-order valence-electron chi connectivity index (χ4n) is 1.13. The molecule has 0 spiro atoms. The van der Waals surface area contributed by atoms with Crippen LogP contribution in [0.1, 0.15) is 25.6 Å². The standard InChI is InChI=1S/C9H17N3O2S2/c1-9(2,3)7-6-12(8(10)15-7)4-5-16(11,13)14/h6,10H,4-5H2,1-3H3,(H2,11,13,14). The Labute approximate surface area is 99.5 Å². The van der Waals surface area contributed by atoms with E-state index in [-0.39, 0.29) is 17.7 Å². The topological polar surface area (TPSA) is 88.9 Å². The summed E-state index contributed by atoms with van der Waals surface area (Å²) < 4.78 is 23.3. The molecular formula is C9H17N3O2S2. The molecule has 0 saturated heterocycles. The Balaban J connectivity index is 2.92. The first-order valence-corrected chi connectivity index (χ1v) is 7.38.